The second-order valence-corrected chi connectivity index (χ2v) is 12.2. The maximum Gasteiger partial charge on any atom is 0.273 e. The predicted molar refractivity (Wildman–Crippen MR) is 141 cm³/mol. The number of halogens is 4. The van der Waals surface area contributed by atoms with Gasteiger partial charge in [-0.25, -0.2) is 5.01 Å². The third-order valence-electron chi connectivity index (χ3n) is 7.29. The van der Waals surface area contributed by atoms with Gasteiger partial charge in [0.2, 0.25) is 0 Å². The Hall–Kier alpha value is -2.34. The average Bonchev–Trinajstić information content (AvgIpc) is 3.47. The Morgan fingerprint density at radius 1 is 1.00 bits per heavy atom. The lowest BCUT2D eigenvalue weighted by molar-refractivity contribution is -0.384. The minimum absolute atomic E-state index is 0.0104. The summed E-state index contributed by atoms with van der Waals surface area (Å²) in [5, 5.41) is 13.0. The van der Waals surface area contributed by atoms with Crippen LogP contribution in [-0.2, 0) is 9.59 Å². The Bertz CT molecular complexity index is 1320. The van der Waals surface area contributed by atoms with E-state index in [1.807, 2.05) is 0 Å². The number of nitro benzene ring substituents is 1. The topological polar surface area (TPSA) is 118 Å². The number of ketones is 1. The SMILES string of the molecule is O=C(CN(C(=O)c1ccc([N+](=O)[O-])cc1)N1C(=O)[C@@H]2[C@H]3C[C@@H]([C@@H](Br)[C@H]3Br)[C@H]2C1=O)c1ccc(Cl)cc1Cl. The summed E-state index contributed by atoms with van der Waals surface area (Å²) >= 11 is 19.4. The smallest absolute Gasteiger partial charge is 0.273 e. The van der Waals surface area contributed by atoms with Crippen LogP contribution in [0.5, 0.6) is 0 Å². The standard InChI is InChI=1S/C24H17Br2Cl2N3O6/c25-20-14-8-15(21(20)26)19-18(14)23(34)30(24(19)35)29(9-17(32)13-6-3-11(27)7-16(13)28)22(33)10-1-4-12(5-2-10)31(36)37/h1-7,14-15,18-21H,8-9H2/t14-,15-,18-,19-,20-,21+/m1/s1. The van der Waals surface area contributed by atoms with E-state index >= 15 is 0 Å². The molecular formula is C24H17Br2Cl2N3O6. The number of fused-ring (bicyclic) bond motifs is 5. The van der Waals surface area contributed by atoms with Crippen LogP contribution in [0.25, 0.3) is 0 Å². The summed E-state index contributed by atoms with van der Waals surface area (Å²) in [4.78, 5) is 64.5. The van der Waals surface area contributed by atoms with Crippen LogP contribution < -0.4 is 0 Å². The van der Waals surface area contributed by atoms with E-state index in [1.165, 1.54) is 30.3 Å². The summed E-state index contributed by atoms with van der Waals surface area (Å²) < 4.78 is 0. The normalized spacial score (nSPS) is 27.9. The molecule has 1 saturated heterocycles. The van der Waals surface area contributed by atoms with E-state index in [4.69, 9.17) is 23.2 Å². The first kappa shape index (κ1) is 26.3. The number of carbonyl (C=O) groups excluding carboxylic acids is 4. The number of non-ortho nitro benzene ring substituents is 1. The van der Waals surface area contributed by atoms with Crippen molar-refractivity contribution in [2.24, 2.45) is 23.7 Å². The molecule has 3 fully saturated rings. The second-order valence-electron chi connectivity index (χ2n) is 9.21. The van der Waals surface area contributed by atoms with Crippen LogP contribution in [0.2, 0.25) is 10.0 Å². The van der Waals surface area contributed by atoms with Crippen molar-refractivity contribution in [3.05, 3.63) is 73.8 Å². The van der Waals surface area contributed by atoms with E-state index in [1.54, 1.807) is 0 Å². The maximum atomic E-state index is 13.6. The van der Waals surface area contributed by atoms with Crippen molar-refractivity contribution < 1.29 is 24.1 Å². The van der Waals surface area contributed by atoms with E-state index in [2.05, 4.69) is 31.9 Å². The molecule has 2 aliphatic carbocycles. The number of rotatable bonds is 6. The Balaban J connectivity index is 1.52. The molecule has 2 aromatic rings. The number of hydrazine groups is 1. The number of hydrogen-bond donors (Lipinski definition) is 0. The number of benzene rings is 2. The van der Waals surface area contributed by atoms with Crippen molar-refractivity contribution in [3.8, 4) is 0 Å². The molecule has 6 atom stereocenters. The molecule has 2 saturated carbocycles. The minimum Gasteiger partial charge on any atom is -0.292 e. The molecule has 2 aromatic carbocycles. The van der Waals surface area contributed by atoms with E-state index in [0.29, 0.717) is 11.4 Å². The van der Waals surface area contributed by atoms with Crippen molar-refractivity contribution in [3.63, 3.8) is 0 Å². The summed E-state index contributed by atoms with van der Waals surface area (Å²) in [7, 11) is 0. The highest BCUT2D eigenvalue weighted by Gasteiger charge is 2.67. The highest BCUT2D eigenvalue weighted by Crippen LogP contribution is 2.60. The van der Waals surface area contributed by atoms with Gasteiger partial charge in [-0.3, -0.25) is 29.3 Å². The molecular weight excluding hydrogens is 657 g/mol. The highest BCUT2D eigenvalue weighted by molar-refractivity contribution is 9.12. The van der Waals surface area contributed by atoms with Gasteiger partial charge in [0, 0.05) is 37.9 Å². The van der Waals surface area contributed by atoms with Crippen LogP contribution in [0.4, 0.5) is 5.69 Å². The van der Waals surface area contributed by atoms with E-state index in [-0.39, 0.29) is 43.3 Å². The Labute approximate surface area is 237 Å². The lowest BCUT2D eigenvalue weighted by Crippen LogP contribution is -2.52. The summed E-state index contributed by atoms with van der Waals surface area (Å²) in [5.74, 6) is -3.96. The fourth-order valence-corrected chi connectivity index (χ4v) is 8.00. The van der Waals surface area contributed by atoms with Gasteiger partial charge in [0.25, 0.3) is 23.4 Å². The van der Waals surface area contributed by atoms with Crippen molar-refractivity contribution >= 4 is 84.3 Å². The molecule has 2 bridgehead atoms. The third kappa shape index (κ3) is 4.29. The van der Waals surface area contributed by atoms with E-state index in [0.717, 1.165) is 22.2 Å². The highest BCUT2D eigenvalue weighted by atomic mass is 79.9. The van der Waals surface area contributed by atoms with Gasteiger partial charge in [0.15, 0.2) is 5.78 Å². The molecule has 9 nitrogen and oxygen atoms in total. The monoisotopic (exact) mass is 671 g/mol. The number of amides is 3. The number of nitrogens with zero attached hydrogens (tertiary/aromatic N) is 3. The number of Topliss-reactive ketones (excluding diaryl/α,β-unsaturated/α-hetero) is 1. The Morgan fingerprint density at radius 2 is 1.57 bits per heavy atom. The molecule has 192 valence electrons. The van der Waals surface area contributed by atoms with Gasteiger partial charge >= 0.3 is 0 Å². The van der Waals surface area contributed by atoms with Crippen LogP contribution in [0, 0.1) is 33.8 Å². The van der Waals surface area contributed by atoms with Gasteiger partial charge in [0.05, 0.1) is 21.8 Å². The van der Waals surface area contributed by atoms with Crippen LogP contribution in [0.15, 0.2) is 42.5 Å². The molecule has 0 radical (unpaired) electrons. The number of imide groups is 1. The van der Waals surface area contributed by atoms with Gasteiger partial charge in [-0.1, -0.05) is 55.1 Å². The van der Waals surface area contributed by atoms with Crippen LogP contribution in [-0.4, -0.2) is 54.6 Å². The van der Waals surface area contributed by atoms with E-state index in [9.17, 15) is 29.3 Å². The number of carbonyl (C=O) groups is 4. The van der Waals surface area contributed by atoms with Gasteiger partial charge in [0.1, 0.15) is 6.54 Å². The first-order valence-corrected chi connectivity index (χ1v) is 13.8. The van der Waals surface area contributed by atoms with Crippen molar-refractivity contribution in [1.82, 2.24) is 10.0 Å². The molecule has 37 heavy (non-hydrogen) atoms. The molecule has 3 amide bonds. The first-order chi connectivity index (χ1) is 17.5. The molecule has 0 N–H and O–H groups in total. The molecule has 0 unspecified atom stereocenters. The molecule has 5 rings (SSSR count). The summed E-state index contributed by atoms with van der Waals surface area (Å²) in [5.41, 5.74) is -0.204. The largest absolute Gasteiger partial charge is 0.292 e. The van der Waals surface area contributed by atoms with Crippen molar-refractivity contribution in [2.45, 2.75) is 16.1 Å². The fourth-order valence-electron chi connectivity index (χ4n) is 5.62. The first-order valence-electron chi connectivity index (χ1n) is 11.2. The number of hydrogen-bond acceptors (Lipinski definition) is 6. The third-order valence-corrected chi connectivity index (χ3v) is 11.0. The quantitative estimate of drug-likeness (QED) is 0.141. The maximum absolute atomic E-state index is 13.6. The zero-order valence-electron chi connectivity index (χ0n) is 18.7. The Kier molecular flexibility index (Phi) is 6.93. The molecule has 13 heteroatoms. The van der Waals surface area contributed by atoms with E-state index < -0.39 is 46.8 Å². The van der Waals surface area contributed by atoms with Gasteiger partial charge in [-0.15, -0.1) is 0 Å². The number of alkyl halides is 2. The summed E-state index contributed by atoms with van der Waals surface area (Å²) in [6.45, 7) is -0.654. The molecule has 0 spiro atoms. The fraction of sp³-hybridized carbons (Fsp3) is 0.333. The molecule has 1 aliphatic heterocycles. The molecule has 0 aromatic heterocycles. The van der Waals surface area contributed by atoms with Crippen molar-refractivity contribution in [1.29, 1.82) is 0 Å². The average molecular weight is 674 g/mol. The lowest BCUT2D eigenvalue weighted by Gasteiger charge is -2.31. The molecule has 3 aliphatic rings. The molecule has 1 heterocycles. The lowest BCUT2D eigenvalue weighted by atomic mass is 9.81. The summed E-state index contributed by atoms with van der Waals surface area (Å²) in [6, 6.07) is 8.93. The minimum atomic E-state index is -0.826. The second kappa shape index (κ2) is 9.76. The van der Waals surface area contributed by atoms with Gasteiger partial charge in [-0.05, 0) is 48.6 Å². The van der Waals surface area contributed by atoms with Crippen LogP contribution in [0.3, 0.4) is 0 Å². The van der Waals surface area contributed by atoms with Gasteiger partial charge in [-0.2, -0.15) is 5.01 Å². The van der Waals surface area contributed by atoms with Crippen LogP contribution in [0.1, 0.15) is 27.1 Å². The summed E-state index contributed by atoms with van der Waals surface area (Å²) in [6.07, 6.45) is 0.697. The number of nitro groups is 1. The van der Waals surface area contributed by atoms with Gasteiger partial charge < -0.3 is 0 Å². The van der Waals surface area contributed by atoms with Crippen molar-refractivity contribution in [2.75, 3.05) is 6.54 Å². The Morgan fingerprint density at radius 3 is 2.08 bits per heavy atom. The zero-order valence-corrected chi connectivity index (χ0v) is 23.4. The predicted octanol–water partition coefficient (Wildman–Crippen LogP) is 4.92. The van der Waals surface area contributed by atoms with Crippen LogP contribution >= 0.6 is 55.1 Å². The zero-order chi connectivity index (χ0) is 26.8.